The second-order valence-electron chi connectivity index (χ2n) is 6.90. The summed E-state index contributed by atoms with van der Waals surface area (Å²) in [6.45, 7) is 2.34. The minimum atomic E-state index is -0.120. The molecule has 0 saturated heterocycles. The van der Waals surface area contributed by atoms with Crippen LogP contribution in [0.25, 0.3) is 17.1 Å². The van der Waals surface area contributed by atoms with Gasteiger partial charge in [0.15, 0.2) is 0 Å². The molecule has 0 bridgehead atoms. The first-order valence-corrected chi connectivity index (χ1v) is 9.71. The maximum Gasteiger partial charge on any atom is 0.244 e. The van der Waals surface area contributed by atoms with E-state index in [0.717, 1.165) is 35.5 Å². The molecule has 3 rings (SSSR count). The van der Waals surface area contributed by atoms with E-state index in [-0.39, 0.29) is 5.91 Å². The third-order valence-electron chi connectivity index (χ3n) is 4.45. The first kappa shape index (κ1) is 20.1. The Morgan fingerprint density at radius 1 is 1.18 bits per heavy atom. The number of nitrogens with zero attached hydrogens (tertiary/aromatic N) is 3. The second-order valence-corrected chi connectivity index (χ2v) is 7.33. The Morgan fingerprint density at radius 3 is 2.68 bits per heavy atom. The molecule has 5 nitrogen and oxygen atoms in total. The highest BCUT2D eigenvalue weighted by molar-refractivity contribution is 6.30. The van der Waals surface area contributed by atoms with Crippen LogP contribution < -0.4 is 5.32 Å². The van der Waals surface area contributed by atoms with Gasteiger partial charge >= 0.3 is 0 Å². The van der Waals surface area contributed by atoms with Crippen LogP contribution >= 0.6 is 11.6 Å². The Labute approximate surface area is 170 Å². The Kier molecular flexibility index (Phi) is 6.85. The molecule has 1 aromatic heterocycles. The monoisotopic (exact) mass is 396 g/mol. The molecule has 0 aliphatic rings. The lowest BCUT2D eigenvalue weighted by molar-refractivity contribution is -0.116. The van der Waals surface area contributed by atoms with Gasteiger partial charge in [0.2, 0.25) is 5.91 Å². The summed E-state index contributed by atoms with van der Waals surface area (Å²) in [6, 6.07) is 15.5. The number of nitrogens with one attached hydrogen (secondary N) is 1. The third kappa shape index (κ3) is 5.44. The molecule has 1 amide bonds. The van der Waals surface area contributed by atoms with E-state index < -0.39 is 0 Å². The van der Waals surface area contributed by atoms with E-state index in [1.165, 1.54) is 6.08 Å². The van der Waals surface area contributed by atoms with E-state index in [0.29, 0.717) is 18.0 Å². The van der Waals surface area contributed by atoms with Crippen LogP contribution in [0, 0.1) is 0 Å². The summed E-state index contributed by atoms with van der Waals surface area (Å²) in [4.78, 5) is 19.0. The zero-order valence-electron chi connectivity index (χ0n) is 16.2. The van der Waals surface area contributed by atoms with E-state index in [1.54, 1.807) is 18.2 Å². The molecular formula is C22H25ClN4O. The SMILES string of the molecule is CN(C)CCn1c(CCNC(=O)/C=C/c2ccc(Cl)cc2)nc2ccccc21. The summed E-state index contributed by atoms with van der Waals surface area (Å²) >= 11 is 5.87. The van der Waals surface area contributed by atoms with Crippen molar-refractivity contribution in [2.45, 2.75) is 13.0 Å². The summed E-state index contributed by atoms with van der Waals surface area (Å²) in [5, 5.41) is 3.61. The number of para-hydroxylation sites is 2. The largest absolute Gasteiger partial charge is 0.352 e. The number of carbonyl (C=O) groups is 1. The van der Waals surface area contributed by atoms with Crippen LogP contribution in [0.2, 0.25) is 5.02 Å². The van der Waals surface area contributed by atoms with Gasteiger partial charge in [0.1, 0.15) is 5.82 Å². The number of fused-ring (bicyclic) bond motifs is 1. The Morgan fingerprint density at radius 2 is 1.93 bits per heavy atom. The summed E-state index contributed by atoms with van der Waals surface area (Å²) in [6.07, 6.45) is 4.00. The van der Waals surface area contributed by atoms with E-state index in [2.05, 4.69) is 34.9 Å². The number of imidazole rings is 1. The van der Waals surface area contributed by atoms with Crippen molar-refractivity contribution in [3.05, 3.63) is 71.0 Å². The lowest BCUT2D eigenvalue weighted by atomic mass is 10.2. The van der Waals surface area contributed by atoms with Crippen molar-refractivity contribution in [3.8, 4) is 0 Å². The highest BCUT2D eigenvalue weighted by Gasteiger charge is 2.10. The number of benzene rings is 2. The Bertz CT molecular complexity index is 960. The topological polar surface area (TPSA) is 50.2 Å². The fraction of sp³-hybridized carbons (Fsp3) is 0.273. The van der Waals surface area contributed by atoms with Crippen molar-refractivity contribution in [2.75, 3.05) is 27.2 Å². The lowest BCUT2D eigenvalue weighted by Crippen LogP contribution is -2.25. The molecule has 0 saturated carbocycles. The van der Waals surface area contributed by atoms with Gasteiger partial charge in [-0.1, -0.05) is 35.9 Å². The van der Waals surface area contributed by atoms with Crippen LogP contribution in [-0.4, -0.2) is 47.5 Å². The molecule has 28 heavy (non-hydrogen) atoms. The maximum absolute atomic E-state index is 12.1. The third-order valence-corrected chi connectivity index (χ3v) is 4.70. The molecule has 2 aromatic carbocycles. The van der Waals surface area contributed by atoms with Crippen molar-refractivity contribution in [1.29, 1.82) is 0 Å². The molecular weight excluding hydrogens is 372 g/mol. The summed E-state index contributed by atoms with van der Waals surface area (Å²) in [7, 11) is 4.12. The van der Waals surface area contributed by atoms with E-state index in [9.17, 15) is 4.79 Å². The van der Waals surface area contributed by atoms with Crippen LogP contribution in [0.3, 0.4) is 0 Å². The predicted molar refractivity (Wildman–Crippen MR) is 115 cm³/mol. The molecule has 0 radical (unpaired) electrons. The van der Waals surface area contributed by atoms with Crippen molar-refractivity contribution in [1.82, 2.24) is 19.8 Å². The predicted octanol–water partition coefficient (Wildman–Crippen LogP) is 3.62. The average molecular weight is 397 g/mol. The Balaban J connectivity index is 1.60. The molecule has 0 fully saturated rings. The summed E-state index contributed by atoms with van der Waals surface area (Å²) < 4.78 is 2.24. The van der Waals surface area contributed by atoms with Crippen molar-refractivity contribution in [2.24, 2.45) is 0 Å². The van der Waals surface area contributed by atoms with Gasteiger partial charge in [-0.25, -0.2) is 4.98 Å². The second kappa shape index (κ2) is 9.53. The fourth-order valence-corrected chi connectivity index (χ4v) is 3.09. The average Bonchev–Trinajstić information content (AvgIpc) is 3.03. The number of halogens is 1. The van der Waals surface area contributed by atoms with Crippen LogP contribution in [0.1, 0.15) is 11.4 Å². The number of likely N-dealkylation sites (N-methyl/N-ethyl adjacent to an activating group) is 1. The molecule has 0 aliphatic heterocycles. The molecule has 6 heteroatoms. The van der Waals surface area contributed by atoms with E-state index in [1.807, 2.05) is 30.3 Å². The zero-order chi connectivity index (χ0) is 19.9. The number of hydrogen-bond acceptors (Lipinski definition) is 3. The van der Waals surface area contributed by atoms with Gasteiger partial charge in [0.05, 0.1) is 11.0 Å². The van der Waals surface area contributed by atoms with Crippen LogP contribution in [-0.2, 0) is 17.8 Å². The van der Waals surface area contributed by atoms with Gasteiger partial charge < -0.3 is 14.8 Å². The molecule has 1 N–H and O–H groups in total. The zero-order valence-corrected chi connectivity index (χ0v) is 17.0. The number of rotatable bonds is 8. The molecule has 3 aromatic rings. The molecule has 0 spiro atoms. The smallest absolute Gasteiger partial charge is 0.244 e. The first-order valence-electron chi connectivity index (χ1n) is 9.33. The molecule has 1 heterocycles. The van der Waals surface area contributed by atoms with Crippen LogP contribution in [0.15, 0.2) is 54.6 Å². The molecule has 0 aliphatic carbocycles. The van der Waals surface area contributed by atoms with Crippen LogP contribution in [0.5, 0.6) is 0 Å². The number of hydrogen-bond donors (Lipinski definition) is 1. The van der Waals surface area contributed by atoms with Gasteiger partial charge in [-0.15, -0.1) is 0 Å². The highest BCUT2D eigenvalue weighted by Crippen LogP contribution is 2.16. The van der Waals surface area contributed by atoms with Crippen molar-refractivity contribution >= 4 is 34.6 Å². The van der Waals surface area contributed by atoms with Crippen LogP contribution in [0.4, 0.5) is 0 Å². The molecule has 146 valence electrons. The number of carbonyl (C=O) groups excluding carboxylic acids is 1. The van der Waals surface area contributed by atoms with Gasteiger partial charge in [-0.2, -0.15) is 0 Å². The highest BCUT2D eigenvalue weighted by atomic mass is 35.5. The maximum atomic E-state index is 12.1. The number of aromatic nitrogens is 2. The fourth-order valence-electron chi connectivity index (χ4n) is 2.97. The van der Waals surface area contributed by atoms with Gasteiger partial charge in [-0.05, 0) is 50.0 Å². The summed E-state index contributed by atoms with van der Waals surface area (Å²) in [5.74, 6) is 0.871. The van der Waals surface area contributed by atoms with Gasteiger partial charge in [0.25, 0.3) is 0 Å². The minimum Gasteiger partial charge on any atom is -0.352 e. The first-order chi connectivity index (χ1) is 13.5. The van der Waals surface area contributed by atoms with Crippen molar-refractivity contribution < 1.29 is 4.79 Å². The van der Waals surface area contributed by atoms with Gasteiger partial charge in [0, 0.05) is 37.2 Å². The van der Waals surface area contributed by atoms with E-state index >= 15 is 0 Å². The molecule has 0 atom stereocenters. The minimum absolute atomic E-state index is 0.120. The van der Waals surface area contributed by atoms with E-state index in [4.69, 9.17) is 16.6 Å². The Hall–Kier alpha value is -2.63. The van der Waals surface area contributed by atoms with Gasteiger partial charge in [-0.3, -0.25) is 4.79 Å². The quantitative estimate of drug-likeness (QED) is 0.591. The lowest BCUT2D eigenvalue weighted by Gasteiger charge is -2.13. The standard InChI is InChI=1S/C22H25ClN4O/c1-26(2)15-16-27-20-6-4-3-5-19(20)25-21(27)13-14-24-22(28)12-9-17-7-10-18(23)11-8-17/h3-12H,13-16H2,1-2H3,(H,24,28)/b12-9+. The normalized spacial score (nSPS) is 11.6. The molecule has 0 unspecified atom stereocenters. The van der Waals surface area contributed by atoms with Crippen molar-refractivity contribution in [3.63, 3.8) is 0 Å². The summed E-state index contributed by atoms with van der Waals surface area (Å²) in [5.41, 5.74) is 3.06. The number of amides is 1.